The van der Waals surface area contributed by atoms with Crippen LogP contribution in [0.4, 0.5) is 0 Å². The summed E-state index contributed by atoms with van der Waals surface area (Å²) in [5, 5.41) is 19.8. The predicted octanol–water partition coefficient (Wildman–Crippen LogP) is 3.40. The van der Waals surface area contributed by atoms with Crippen molar-refractivity contribution in [1.82, 2.24) is 15.2 Å². The van der Waals surface area contributed by atoms with E-state index in [1.165, 1.54) is 11.8 Å². The van der Waals surface area contributed by atoms with E-state index in [1.807, 2.05) is 41.8 Å². The number of nitriles is 1. The SMILES string of the molecule is N#CCSc1nnc(Cc2csc(-c3ccccc3)n2)o1. The van der Waals surface area contributed by atoms with E-state index in [0.29, 0.717) is 23.3 Å². The van der Waals surface area contributed by atoms with Gasteiger partial charge in [-0.3, -0.25) is 0 Å². The minimum Gasteiger partial charge on any atom is -0.416 e. The quantitative estimate of drug-likeness (QED) is 0.672. The van der Waals surface area contributed by atoms with Crippen molar-refractivity contribution in [1.29, 1.82) is 5.26 Å². The maximum atomic E-state index is 8.51. The van der Waals surface area contributed by atoms with Crippen molar-refractivity contribution in [2.75, 3.05) is 5.75 Å². The number of rotatable bonds is 5. The van der Waals surface area contributed by atoms with Gasteiger partial charge in [0.2, 0.25) is 5.89 Å². The van der Waals surface area contributed by atoms with Crippen molar-refractivity contribution in [2.24, 2.45) is 0 Å². The van der Waals surface area contributed by atoms with E-state index in [-0.39, 0.29) is 0 Å². The first-order valence-corrected chi connectivity index (χ1v) is 8.03. The summed E-state index contributed by atoms with van der Waals surface area (Å²) in [5.41, 5.74) is 2.00. The van der Waals surface area contributed by atoms with Crippen LogP contribution in [0, 0.1) is 11.3 Å². The van der Waals surface area contributed by atoms with Crippen LogP contribution in [0.25, 0.3) is 10.6 Å². The molecule has 0 aliphatic rings. The van der Waals surface area contributed by atoms with Gasteiger partial charge in [-0.05, 0) is 0 Å². The van der Waals surface area contributed by atoms with Crippen LogP contribution in [0.15, 0.2) is 45.4 Å². The van der Waals surface area contributed by atoms with Crippen LogP contribution in [0.5, 0.6) is 0 Å². The highest BCUT2D eigenvalue weighted by Crippen LogP contribution is 2.24. The zero-order chi connectivity index (χ0) is 14.5. The van der Waals surface area contributed by atoms with Crippen molar-refractivity contribution < 1.29 is 4.42 Å². The van der Waals surface area contributed by atoms with Gasteiger partial charge in [-0.15, -0.1) is 21.5 Å². The summed E-state index contributed by atoms with van der Waals surface area (Å²) in [4.78, 5) is 4.58. The largest absolute Gasteiger partial charge is 0.416 e. The van der Waals surface area contributed by atoms with Crippen LogP contribution >= 0.6 is 23.1 Å². The Morgan fingerprint density at radius 2 is 2.10 bits per heavy atom. The van der Waals surface area contributed by atoms with Crippen LogP contribution in [0.3, 0.4) is 0 Å². The van der Waals surface area contributed by atoms with Crippen LogP contribution in [0.2, 0.25) is 0 Å². The maximum Gasteiger partial charge on any atom is 0.277 e. The molecule has 0 radical (unpaired) electrons. The minimum absolute atomic E-state index is 0.302. The molecule has 3 aromatic rings. The van der Waals surface area contributed by atoms with Crippen molar-refractivity contribution in [3.8, 4) is 16.6 Å². The highest BCUT2D eigenvalue weighted by Gasteiger charge is 2.10. The third-order valence-corrected chi connectivity index (χ3v) is 4.24. The third kappa shape index (κ3) is 3.48. The fourth-order valence-corrected chi connectivity index (χ4v) is 2.99. The summed E-state index contributed by atoms with van der Waals surface area (Å²) >= 11 is 2.83. The first-order valence-electron chi connectivity index (χ1n) is 6.17. The maximum absolute atomic E-state index is 8.51. The average molecular weight is 314 g/mol. The Morgan fingerprint density at radius 1 is 1.24 bits per heavy atom. The summed E-state index contributed by atoms with van der Waals surface area (Å²) in [6, 6.07) is 12.1. The van der Waals surface area contributed by atoms with Crippen LogP contribution < -0.4 is 0 Å². The molecule has 0 saturated carbocycles. The molecule has 0 N–H and O–H groups in total. The molecule has 0 bridgehead atoms. The fraction of sp³-hybridized carbons (Fsp3) is 0.143. The van der Waals surface area contributed by atoms with Gasteiger partial charge in [-0.25, -0.2) is 4.98 Å². The lowest BCUT2D eigenvalue weighted by Gasteiger charge is -1.93. The van der Waals surface area contributed by atoms with Gasteiger partial charge in [-0.1, -0.05) is 42.1 Å². The van der Waals surface area contributed by atoms with E-state index >= 15 is 0 Å². The van der Waals surface area contributed by atoms with Gasteiger partial charge in [0, 0.05) is 10.9 Å². The molecule has 1 aromatic carbocycles. The lowest BCUT2D eigenvalue weighted by Crippen LogP contribution is -1.88. The molecular weight excluding hydrogens is 304 g/mol. The normalized spacial score (nSPS) is 10.4. The zero-order valence-electron chi connectivity index (χ0n) is 10.9. The standard InChI is InChI=1S/C14H10N4OS2/c15-6-7-20-14-18-17-12(19-14)8-11-9-21-13(16-11)10-4-2-1-3-5-10/h1-5,9H,7-8H2. The van der Waals surface area contributed by atoms with Crippen LogP contribution in [-0.4, -0.2) is 20.9 Å². The molecule has 0 saturated heterocycles. The second-order valence-electron chi connectivity index (χ2n) is 4.10. The number of hydrogen-bond donors (Lipinski definition) is 0. The molecule has 0 amide bonds. The van der Waals surface area contributed by atoms with Gasteiger partial charge < -0.3 is 4.42 Å². The summed E-state index contributed by atoms with van der Waals surface area (Å²) < 4.78 is 5.46. The zero-order valence-corrected chi connectivity index (χ0v) is 12.5. The molecule has 7 heteroatoms. The highest BCUT2D eigenvalue weighted by atomic mass is 32.2. The summed E-state index contributed by atoms with van der Waals surface area (Å²) in [7, 11) is 0. The number of nitrogens with zero attached hydrogens (tertiary/aromatic N) is 4. The van der Waals surface area contributed by atoms with Gasteiger partial charge in [0.1, 0.15) is 5.01 Å². The van der Waals surface area contributed by atoms with Crippen LogP contribution in [0.1, 0.15) is 11.6 Å². The molecule has 3 rings (SSSR count). The average Bonchev–Trinajstić information content (AvgIpc) is 3.16. The van der Waals surface area contributed by atoms with Gasteiger partial charge in [0.25, 0.3) is 5.22 Å². The van der Waals surface area contributed by atoms with Gasteiger partial charge >= 0.3 is 0 Å². The number of hydrogen-bond acceptors (Lipinski definition) is 7. The Labute approximate surface area is 129 Å². The predicted molar refractivity (Wildman–Crippen MR) is 81.0 cm³/mol. The highest BCUT2D eigenvalue weighted by molar-refractivity contribution is 7.99. The summed E-state index contributed by atoms with van der Waals surface area (Å²) in [5.74, 6) is 0.816. The number of thiazole rings is 1. The Morgan fingerprint density at radius 3 is 2.90 bits per heavy atom. The van der Waals surface area contributed by atoms with Gasteiger partial charge in [0.05, 0.1) is 23.9 Å². The molecule has 0 unspecified atom stereocenters. The van der Waals surface area contributed by atoms with E-state index in [1.54, 1.807) is 11.3 Å². The first kappa shape index (κ1) is 13.8. The smallest absolute Gasteiger partial charge is 0.277 e. The van der Waals surface area contributed by atoms with Crippen molar-refractivity contribution in [3.05, 3.63) is 47.3 Å². The minimum atomic E-state index is 0.302. The molecular formula is C14H10N4OS2. The van der Waals surface area contributed by atoms with E-state index < -0.39 is 0 Å². The van der Waals surface area contributed by atoms with Crippen molar-refractivity contribution in [3.63, 3.8) is 0 Å². The molecule has 2 heterocycles. The Kier molecular flexibility index (Phi) is 4.28. The molecule has 104 valence electrons. The number of thioether (sulfide) groups is 1. The van der Waals surface area contributed by atoms with Gasteiger partial charge in [-0.2, -0.15) is 5.26 Å². The molecule has 0 aliphatic carbocycles. The molecule has 5 nitrogen and oxygen atoms in total. The lowest BCUT2D eigenvalue weighted by molar-refractivity contribution is 0.420. The molecule has 0 fully saturated rings. The third-order valence-electron chi connectivity index (χ3n) is 2.61. The van der Waals surface area contributed by atoms with Gasteiger partial charge in [0.15, 0.2) is 0 Å². The topological polar surface area (TPSA) is 75.6 Å². The molecule has 0 atom stereocenters. The Bertz CT molecular complexity index is 761. The molecule has 0 aliphatic heterocycles. The molecule has 21 heavy (non-hydrogen) atoms. The van der Waals surface area contributed by atoms with E-state index in [2.05, 4.69) is 15.2 Å². The molecule has 0 spiro atoms. The second-order valence-corrected chi connectivity index (χ2v) is 5.88. The second kappa shape index (κ2) is 6.52. The number of benzene rings is 1. The van der Waals surface area contributed by atoms with E-state index in [4.69, 9.17) is 9.68 Å². The van der Waals surface area contributed by atoms with Crippen molar-refractivity contribution >= 4 is 23.1 Å². The Balaban J connectivity index is 1.70. The summed E-state index contributed by atoms with van der Waals surface area (Å²) in [6.07, 6.45) is 0.503. The Hall–Kier alpha value is -2.17. The monoisotopic (exact) mass is 314 g/mol. The number of aromatic nitrogens is 3. The molecule has 2 aromatic heterocycles. The van der Waals surface area contributed by atoms with Crippen LogP contribution in [-0.2, 0) is 6.42 Å². The summed E-state index contributed by atoms with van der Waals surface area (Å²) in [6.45, 7) is 0. The first-order chi connectivity index (χ1) is 10.3. The fourth-order valence-electron chi connectivity index (χ4n) is 1.72. The van der Waals surface area contributed by atoms with Crippen molar-refractivity contribution in [2.45, 2.75) is 11.6 Å². The van der Waals surface area contributed by atoms with E-state index in [0.717, 1.165) is 16.3 Å². The lowest BCUT2D eigenvalue weighted by atomic mass is 10.2. The van der Waals surface area contributed by atoms with E-state index in [9.17, 15) is 0 Å².